The standard InChI is InChI=1S/C28H17F2N2OS.C2H4O2.Na/c29-22-16-21(17-23(30)18-22)20-13-11-19(12-14-20)15-26-27(33)31-28(34-26)32(24-7-3-1-4-8-24)25-9-5-2-6-10-25;1-2(3)4;/h1,3-18H;1H3,(H,3,4);/q-1;;+1. The fourth-order valence-corrected chi connectivity index (χ4v) is 4.57. The number of para-hydroxylation sites is 1. The fourth-order valence-electron chi connectivity index (χ4n) is 3.61. The molecule has 5 nitrogen and oxygen atoms in total. The van der Waals surface area contributed by atoms with Crippen LogP contribution in [0.5, 0.6) is 0 Å². The third kappa shape index (κ3) is 8.21. The Morgan fingerprint density at radius 2 is 1.46 bits per heavy atom. The molecule has 0 aromatic heterocycles. The zero-order chi connectivity index (χ0) is 27.1. The third-order valence-corrected chi connectivity index (χ3v) is 6.15. The van der Waals surface area contributed by atoms with Crippen LogP contribution in [-0.4, -0.2) is 22.2 Å². The van der Waals surface area contributed by atoms with Gasteiger partial charge in [0.25, 0.3) is 11.9 Å². The fraction of sp³-hybridized carbons (Fsp3) is 0.0333. The van der Waals surface area contributed by atoms with Crippen molar-refractivity contribution < 1.29 is 53.0 Å². The monoisotopic (exact) mass is 550 g/mol. The summed E-state index contributed by atoms with van der Waals surface area (Å²) in [6.45, 7) is 1.08. The molecule has 0 aliphatic carbocycles. The predicted molar refractivity (Wildman–Crippen MR) is 147 cm³/mol. The second-order valence-electron chi connectivity index (χ2n) is 8.04. The summed E-state index contributed by atoms with van der Waals surface area (Å²) in [6, 6.07) is 30.7. The Morgan fingerprint density at radius 1 is 0.897 bits per heavy atom. The van der Waals surface area contributed by atoms with Crippen LogP contribution in [0, 0.1) is 17.7 Å². The zero-order valence-corrected chi connectivity index (χ0v) is 24.0. The minimum atomic E-state index is -0.833. The number of rotatable bonds is 4. The van der Waals surface area contributed by atoms with Crippen molar-refractivity contribution >= 4 is 46.3 Å². The van der Waals surface area contributed by atoms with Crippen LogP contribution in [0.3, 0.4) is 0 Å². The molecule has 0 radical (unpaired) electrons. The minimum absolute atomic E-state index is 0. The topological polar surface area (TPSA) is 70.0 Å². The molecule has 0 saturated carbocycles. The van der Waals surface area contributed by atoms with E-state index >= 15 is 0 Å². The molecule has 1 aliphatic heterocycles. The Balaban J connectivity index is 0.000000788. The van der Waals surface area contributed by atoms with Gasteiger partial charge in [0.15, 0.2) is 5.17 Å². The molecule has 0 atom stereocenters. The number of hydrogen-bond donors (Lipinski definition) is 1. The number of amides is 1. The van der Waals surface area contributed by atoms with E-state index in [2.05, 4.69) is 11.1 Å². The summed E-state index contributed by atoms with van der Waals surface area (Å²) in [4.78, 5) is 28.5. The largest absolute Gasteiger partial charge is 1.00 e. The number of carbonyl (C=O) groups excluding carboxylic acids is 1. The van der Waals surface area contributed by atoms with Gasteiger partial charge in [0, 0.05) is 18.7 Å². The molecular formula is C30H21F2N2NaO3S. The molecule has 190 valence electrons. The molecule has 0 unspecified atom stereocenters. The predicted octanol–water partition coefficient (Wildman–Crippen LogP) is 4.34. The first-order chi connectivity index (χ1) is 18.3. The van der Waals surface area contributed by atoms with Crippen LogP contribution in [0.25, 0.3) is 17.2 Å². The molecular weight excluding hydrogens is 529 g/mol. The molecule has 39 heavy (non-hydrogen) atoms. The number of thioether (sulfide) groups is 1. The summed E-state index contributed by atoms with van der Waals surface area (Å²) in [7, 11) is 0. The summed E-state index contributed by atoms with van der Waals surface area (Å²) < 4.78 is 27.1. The van der Waals surface area contributed by atoms with E-state index in [1.165, 1.54) is 23.9 Å². The molecule has 1 aliphatic rings. The van der Waals surface area contributed by atoms with Gasteiger partial charge in [-0.2, -0.15) is 23.2 Å². The van der Waals surface area contributed by atoms with Crippen molar-refractivity contribution in [3.05, 3.63) is 125 Å². The number of carbonyl (C=O) groups is 2. The number of hydrogen-bond acceptors (Lipinski definition) is 4. The van der Waals surface area contributed by atoms with E-state index in [9.17, 15) is 13.6 Å². The van der Waals surface area contributed by atoms with E-state index in [0.29, 0.717) is 21.2 Å². The average molecular weight is 551 g/mol. The first-order valence-electron chi connectivity index (χ1n) is 11.4. The number of aliphatic imine (C=N–C) groups is 1. The number of carboxylic acids is 1. The quantitative estimate of drug-likeness (QED) is 0.233. The maximum Gasteiger partial charge on any atom is 1.00 e. The number of halogens is 2. The van der Waals surface area contributed by atoms with Gasteiger partial charge in [0.1, 0.15) is 11.6 Å². The molecule has 4 aromatic rings. The van der Waals surface area contributed by atoms with Gasteiger partial charge in [0.2, 0.25) is 0 Å². The summed E-state index contributed by atoms with van der Waals surface area (Å²) in [5.74, 6) is -2.41. The second kappa shape index (κ2) is 14.0. The van der Waals surface area contributed by atoms with Gasteiger partial charge < -0.3 is 10.0 Å². The Labute approximate surface area is 251 Å². The number of amidine groups is 1. The van der Waals surface area contributed by atoms with E-state index in [1.54, 1.807) is 30.3 Å². The molecule has 0 saturated heterocycles. The number of nitrogens with zero attached hydrogens (tertiary/aromatic N) is 2. The van der Waals surface area contributed by atoms with Crippen LogP contribution in [0.15, 0.2) is 107 Å². The number of aliphatic carboxylic acids is 1. The number of anilines is 2. The average Bonchev–Trinajstić information content (AvgIpc) is 3.24. The molecule has 1 amide bonds. The molecule has 9 heteroatoms. The van der Waals surface area contributed by atoms with Gasteiger partial charge in [-0.3, -0.25) is 9.59 Å². The van der Waals surface area contributed by atoms with E-state index < -0.39 is 17.6 Å². The van der Waals surface area contributed by atoms with Gasteiger partial charge in [-0.15, -0.1) is 12.1 Å². The SMILES string of the molecule is CC(=O)O.O=C1N=C(N(c2cc[c-]cc2)c2ccccc2)SC1=Cc1ccc(-c2cc(F)cc(F)c2)cc1.[Na+]. The Hall–Kier alpha value is -3.56. The normalized spacial score (nSPS) is 13.2. The van der Waals surface area contributed by atoms with Gasteiger partial charge in [-0.1, -0.05) is 48.2 Å². The van der Waals surface area contributed by atoms with Crippen molar-refractivity contribution in [2.75, 3.05) is 4.90 Å². The van der Waals surface area contributed by atoms with Gasteiger partial charge in [-0.05, 0) is 58.8 Å². The molecule has 0 bridgehead atoms. The number of carboxylic acid groups (broad SMARTS) is 1. The molecule has 0 fully saturated rings. The smallest absolute Gasteiger partial charge is 0.481 e. The summed E-state index contributed by atoms with van der Waals surface area (Å²) in [6.07, 6.45) is 1.77. The minimum Gasteiger partial charge on any atom is -0.481 e. The summed E-state index contributed by atoms with van der Waals surface area (Å²) in [5.41, 5.74) is 3.68. The molecule has 0 spiro atoms. The summed E-state index contributed by atoms with van der Waals surface area (Å²) in [5, 5.41) is 7.97. The van der Waals surface area contributed by atoms with E-state index in [1.807, 2.05) is 59.5 Å². The van der Waals surface area contributed by atoms with Crippen molar-refractivity contribution in [3.8, 4) is 11.1 Å². The molecule has 1 heterocycles. The van der Waals surface area contributed by atoms with Crippen molar-refractivity contribution in [2.45, 2.75) is 6.92 Å². The Morgan fingerprint density at radius 3 is 2.05 bits per heavy atom. The second-order valence-corrected chi connectivity index (χ2v) is 9.05. The molecule has 1 N–H and O–H groups in total. The first kappa shape index (κ1) is 30.0. The van der Waals surface area contributed by atoms with E-state index in [-0.39, 0.29) is 35.5 Å². The van der Waals surface area contributed by atoms with Crippen molar-refractivity contribution in [1.82, 2.24) is 0 Å². The zero-order valence-electron chi connectivity index (χ0n) is 21.1. The third-order valence-electron chi connectivity index (χ3n) is 5.18. The van der Waals surface area contributed by atoms with E-state index in [4.69, 9.17) is 9.90 Å². The van der Waals surface area contributed by atoms with Gasteiger partial charge >= 0.3 is 29.6 Å². The summed E-state index contributed by atoms with van der Waals surface area (Å²) >= 11 is 1.29. The van der Waals surface area contributed by atoms with Crippen molar-refractivity contribution in [1.29, 1.82) is 0 Å². The van der Waals surface area contributed by atoms with Crippen LogP contribution in [0.4, 0.5) is 20.2 Å². The van der Waals surface area contributed by atoms with Crippen LogP contribution < -0.4 is 34.5 Å². The van der Waals surface area contributed by atoms with Gasteiger partial charge in [-0.25, -0.2) is 8.78 Å². The van der Waals surface area contributed by atoms with E-state index in [0.717, 1.165) is 29.9 Å². The van der Waals surface area contributed by atoms with Crippen molar-refractivity contribution in [3.63, 3.8) is 0 Å². The molecule has 4 aromatic carbocycles. The maximum absolute atomic E-state index is 13.5. The molecule has 5 rings (SSSR count). The Kier molecular flexibility index (Phi) is 10.8. The van der Waals surface area contributed by atoms with Gasteiger partial charge in [0.05, 0.1) is 4.91 Å². The van der Waals surface area contributed by atoms with Crippen molar-refractivity contribution in [2.24, 2.45) is 4.99 Å². The van der Waals surface area contributed by atoms with Crippen LogP contribution in [0.1, 0.15) is 12.5 Å². The number of benzene rings is 4. The van der Waals surface area contributed by atoms with Crippen LogP contribution in [0.2, 0.25) is 0 Å². The maximum atomic E-state index is 13.5. The first-order valence-corrected chi connectivity index (χ1v) is 12.2. The van der Waals surface area contributed by atoms with Crippen LogP contribution in [-0.2, 0) is 9.59 Å². The Bertz CT molecular complexity index is 1450. The van der Waals surface area contributed by atoms with Crippen LogP contribution >= 0.6 is 11.8 Å².